The van der Waals surface area contributed by atoms with Crippen molar-refractivity contribution in [3.63, 3.8) is 0 Å². The summed E-state index contributed by atoms with van der Waals surface area (Å²) in [4.78, 5) is 12.7. The van der Waals surface area contributed by atoms with Gasteiger partial charge in [-0.05, 0) is 19.3 Å². The van der Waals surface area contributed by atoms with Gasteiger partial charge in [0.15, 0.2) is 0 Å². The molecule has 0 saturated carbocycles. The summed E-state index contributed by atoms with van der Waals surface area (Å²) in [5.41, 5.74) is 0. The van der Waals surface area contributed by atoms with Crippen molar-refractivity contribution < 1.29 is 4.79 Å². The Kier molecular flexibility index (Phi) is 3.36. The van der Waals surface area contributed by atoms with Gasteiger partial charge in [-0.1, -0.05) is 12.2 Å². The van der Waals surface area contributed by atoms with Crippen LogP contribution in [0.25, 0.3) is 0 Å². The molecule has 0 bridgehead atoms. The molecular weight excluding hydrogens is 253 g/mol. The highest BCUT2D eigenvalue weighted by atomic mass is 127. The van der Waals surface area contributed by atoms with Gasteiger partial charge in [-0.15, -0.1) is 0 Å². The Labute approximate surface area is 80.8 Å². The number of hydrogen-bond acceptors (Lipinski definition) is 1. The van der Waals surface area contributed by atoms with Gasteiger partial charge in [0.05, 0.1) is 6.04 Å². The minimum atomic E-state index is 0.124. The fourth-order valence-corrected chi connectivity index (χ4v) is 1.61. The van der Waals surface area contributed by atoms with Crippen LogP contribution in [0.15, 0.2) is 12.2 Å². The second-order valence-electron chi connectivity index (χ2n) is 2.79. The number of carbonyl (C=O) groups is 1. The summed E-state index contributed by atoms with van der Waals surface area (Å²) in [6, 6.07) is 0.341. The van der Waals surface area contributed by atoms with Gasteiger partial charge in [-0.2, -0.15) is 0 Å². The van der Waals surface area contributed by atoms with Gasteiger partial charge < -0.3 is 4.90 Å². The summed E-state index contributed by atoms with van der Waals surface area (Å²) in [5, 5.41) is 0. The fraction of sp³-hybridized carbons (Fsp3) is 0.625. The number of nitrogens with zero attached hydrogens (tertiary/aromatic N) is 1. The lowest BCUT2D eigenvalue weighted by Crippen LogP contribution is -2.32. The molecule has 3 heteroatoms. The van der Waals surface area contributed by atoms with E-state index in [1.165, 1.54) is 12.8 Å². The molecule has 0 spiro atoms. The van der Waals surface area contributed by atoms with Crippen molar-refractivity contribution in [1.29, 1.82) is 0 Å². The molecule has 0 aromatic carbocycles. The molecule has 0 aromatic rings. The third kappa shape index (κ3) is 2.47. The Balaban J connectivity index is 2.52. The molecule has 0 saturated heterocycles. The SMILES string of the molecule is CN(C(=O)I)C1C=CCCC1. The molecule has 0 aromatic heterocycles. The summed E-state index contributed by atoms with van der Waals surface area (Å²) < 4.78 is 0.124. The first-order chi connectivity index (χ1) is 5.22. The monoisotopic (exact) mass is 265 g/mol. The number of rotatable bonds is 1. The van der Waals surface area contributed by atoms with Crippen LogP contribution in [0.1, 0.15) is 19.3 Å². The zero-order chi connectivity index (χ0) is 8.27. The maximum Gasteiger partial charge on any atom is 0.283 e. The van der Waals surface area contributed by atoms with Crippen molar-refractivity contribution in [2.75, 3.05) is 7.05 Å². The topological polar surface area (TPSA) is 20.3 Å². The fourth-order valence-electron chi connectivity index (χ4n) is 1.25. The quantitative estimate of drug-likeness (QED) is 0.309. The van der Waals surface area contributed by atoms with Gasteiger partial charge >= 0.3 is 0 Å². The maximum absolute atomic E-state index is 10.9. The van der Waals surface area contributed by atoms with Gasteiger partial charge in [-0.3, -0.25) is 4.79 Å². The van der Waals surface area contributed by atoms with E-state index in [1.54, 1.807) is 4.90 Å². The van der Waals surface area contributed by atoms with Crippen molar-refractivity contribution in [3.8, 4) is 0 Å². The molecule has 2 nitrogen and oxygen atoms in total. The standard InChI is InChI=1S/C8H12INO/c1-10(8(9)11)7-5-3-2-4-6-7/h3,5,7H,2,4,6H2,1H3. The van der Waals surface area contributed by atoms with E-state index in [2.05, 4.69) is 12.2 Å². The summed E-state index contributed by atoms with van der Waals surface area (Å²) in [5.74, 6) is 0. The average Bonchev–Trinajstić information content (AvgIpc) is 2.05. The lowest BCUT2D eigenvalue weighted by Gasteiger charge is -2.25. The lowest BCUT2D eigenvalue weighted by atomic mass is 10.0. The van der Waals surface area contributed by atoms with Crippen molar-refractivity contribution in [2.45, 2.75) is 25.3 Å². The normalized spacial score (nSPS) is 23.3. The molecule has 1 aliphatic rings. The number of halogens is 1. The average molecular weight is 265 g/mol. The van der Waals surface area contributed by atoms with Gasteiger partial charge in [-0.25, -0.2) is 0 Å². The van der Waals surface area contributed by atoms with E-state index >= 15 is 0 Å². The van der Waals surface area contributed by atoms with E-state index in [0.717, 1.165) is 6.42 Å². The van der Waals surface area contributed by atoms with Gasteiger partial charge in [0.1, 0.15) is 0 Å². The van der Waals surface area contributed by atoms with E-state index in [9.17, 15) is 4.79 Å². The van der Waals surface area contributed by atoms with E-state index in [-0.39, 0.29) is 3.91 Å². The largest absolute Gasteiger partial charge is 0.331 e. The Hall–Kier alpha value is -0.0600. The third-order valence-electron chi connectivity index (χ3n) is 2.00. The van der Waals surface area contributed by atoms with Crippen LogP contribution in [0.2, 0.25) is 0 Å². The maximum atomic E-state index is 10.9. The molecule has 0 aliphatic heterocycles. The highest BCUT2D eigenvalue weighted by Gasteiger charge is 2.16. The molecule has 0 radical (unpaired) electrons. The smallest absolute Gasteiger partial charge is 0.283 e. The van der Waals surface area contributed by atoms with Crippen molar-refractivity contribution >= 4 is 26.5 Å². The van der Waals surface area contributed by atoms with Crippen LogP contribution >= 0.6 is 22.6 Å². The second-order valence-corrected chi connectivity index (χ2v) is 3.71. The summed E-state index contributed by atoms with van der Waals surface area (Å²) >= 11 is 1.82. The molecular formula is C8H12INO. The Morgan fingerprint density at radius 1 is 1.73 bits per heavy atom. The van der Waals surface area contributed by atoms with E-state index in [4.69, 9.17) is 0 Å². The number of hydrogen-bond donors (Lipinski definition) is 0. The number of allylic oxidation sites excluding steroid dienone is 1. The number of likely N-dealkylation sites (N-methyl/N-ethyl adjacent to an activating group) is 1. The Morgan fingerprint density at radius 3 is 2.91 bits per heavy atom. The van der Waals surface area contributed by atoms with Crippen LogP contribution in [-0.2, 0) is 0 Å². The van der Waals surface area contributed by atoms with E-state index < -0.39 is 0 Å². The first-order valence-corrected chi connectivity index (χ1v) is 4.88. The zero-order valence-electron chi connectivity index (χ0n) is 6.59. The van der Waals surface area contributed by atoms with Crippen LogP contribution in [-0.4, -0.2) is 21.9 Å². The molecule has 1 atom stereocenters. The van der Waals surface area contributed by atoms with Crippen LogP contribution in [0.3, 0.4) is 0 Å². The highest BCUT2D eigenvalue weighted by Crippen LogP contribution is 2.16. The molecule has 62 valence electrons. The predicted molar refractivity (Wildman–Crippen MR) is 54.0 cm³/mol. The molecule has 0 N–H and O–H groups in total. The first-order valence-electron chi connectivity index (χ1n) is 3.81. The summed E-state index contributed by atoms with van der Waals surface area (Å²) in [7, 11) is 1.86. The van der Waals surface area contributed by atoms with Crippen LogP contribution in [0.4, 0.5) is 4.79 Å². The molecule has 1 rings (SSSR count). The minimum Gasteiger partial charge on any atom is -0.331 e. The zero-order valence-corrected chi connectivity index (χ0v) is 8.74. The molecule has 1 aliphatic carbocycles. The van der Waals surface area contributed by atoms with Gasteiger partial charge in [0, 0.05) is 29.6 Å². The third-order valence-corrected chi connectivity index (χ3v) is 2.76. The second kappa shape index (κ2) is 4.09. The van der Waals surface area contributed by atoms with Crippen LogP contribution in [0.5, 0.6) is 0 Å². The first kappa shape index (κ1) is 9.03. The highest BCUT2D eigenvalue weighted by molar-refractivity contribution is 14.1. The Bertz CT molecular complexity index is 179. The molecule has 1 amide bonds. The molecule has 0 heterocycles. The predicted octanol–water partition coefficient (Wildman–Crippen LogP) is 2.58. The van der Waals surface area contributed by atoms with E-state index in [1.807, 2.05) is 29.6 Å². The minimum absolute atomic E-state index is 0.124. The molecule has 11 heavy (non-hydrogen) atoms. The van der Waals surface area contributed by atoms with Gasteiger partial charge in [0.2, 0.25) is 0 Å². The number of amides is 1. The van der Waals surface area contributed by atoms with Crippen LogP contribution < -0.4 is 0 Å². The lowest BCUT2D eigenvalue weighted by molar-refractivity contribution is 0.223. The molecule has 0 fully saturated rings. The van der Waals surface area contributed by atoms with Crippen molar-refractivity contribution in [3.05, 3.63) is 12.2 Å². The molecule has 1 unspecified atom stereocenters. The Morgan fingerprint density at radius 2 is 2.45 bits per heavy atom. The summed E-state index contributed by atoms with van der Waals surface area (Å²) in [6.07, 6.45) is 7.77. The summed E-state index contributed by atoms with van der Waals surface area (Å²) in [6.45, 7) is 0. The van der Waals surface area contributed by atoms with Crippen molar-refractivity contribution in [2.24, 2.45) is 0 Å². The number of carbonyl (C=O) groups excluding carboxylic acids is 1. The van der Waals surface area contributed by atoms with Crippen molar-refractivity contribution in [1.82, 2.24) is 4.90 Å². The van der Waals surface area contributed by atoms with Gasteiger partial charge in [0.25, 0.3) is 3.91 Å². The van der Waals surface area contributed by atoms with Crippen LogP contribution in [0, 0.1) is 0 Å². The van der Waals surface area contributed by atoms with E-state index in [0.29, 0.717) is 6.04 Å².